The first-order valence-corrected chi connectivity index (χ1v) is 3.55. The molecule has 62 valence electrons. The van der Waals surface area contributed by atoms with Crippen LogP contribution in [0.5, 0.6) is 0 Å². The van der Waals surface area contributed by atoms with Crippen LogP contribution >= 0.6 is 12.4 Å². The van der Waals surface area contributed by atoms with Crippen molar-refractivity contribution in [1.29, 1.82) is 0 Å². The molecule has 0 aromatic rings. The molecular weight excluding hydrogens is 150 g/mol. The zero-order chi connectivity index (χ0) is 6.74. The summed E-state index contributed by atoms with van der Waals surface area (Å²) in [6, 6.07) is 0. The van der Waals surface area contributed by atoms with Crippen LogP contribution in [0.15, 0.2) is 0 Å². The fraction of sp³-hybridized carbons (Fsp3) is 1.00. The molecule has 1 saturated heterocycles. The maximum atomic E-state index is 5.53. The summed E-state index contributed by atoms with van der Waals surface area (Å²) in [4.78, 5) is 0. The summed E-state index contributed by atoms with van der Waals surface area (Å²) in [5, 5.41) is 3.28. The Morgan fingerprint density at radius 1 is 1.30 bits per heavy atom. The highest BCUT2D eigenvalue weighted by molar-refractivity contribution is 5.85. The third-order valence-electron chi connectivity index (χ3n) is 1.68. The van der Waals surface area contributed by atoms with Gasteiger partial charge in [0.2, 0.25) is 0 Å². The molecule has 1 aliphatic rings. The van der Waals surface area contributed by atoms with Gasteiger partial charge in [-0.15, -0.1) is 12.4 Å². The average molecular weight is 166 g/mol. The predicted octanol–water partition coefficient (Wildman–Crippen LogP) is 1.20. The van der Waals surface area contributed by atoms with Gasteiger partial charge in [0.15, 0.2) is 0 Å². The molecule has 1 rings (SSSR count). The molecule has 0 unspecified atom stereocenters. The van der Waals surface area contributed by atoms with Gasteiger partial charge in [0.25, 0.3) is 0 Å². The average Bonchev–Trinajstić information content (AvgIpc) is 1.92. The van der Waals surface area contributed by atoms with Crippen LogP contribution in [0.3, 0.4) is 0 Å². The van der Waals surface area contributed by atoms with Crippen molar-refractivity contribution >= 4 is 12.4 Å². The normalized spacial score (nSPS) is 24.6. The zero-order valence-electron chi connectivity index (χ0n) is 6.64. The van der Waals surface area contributed by atoms with Crippen molar-refractivity contribution in [2.24, 2.45) is 0 Å². The van der Waals surface area contributed by atoms with E-state index in [1.54, 1.807) is 0 Å². The molecule has 0 bridgehead atoms. The summed E-state index contributed by atoms with van der Waals surface area (Å²) < 4.78 is 5.53. The maximum Gasteiger partial charge on any atom is 0.0639 e. The molecule has 3 heteroatoms. The van der Waals surface area contributed by atoms with Gasteiger partial charge < -0.3 is 10.1 Å². The zero-order valence-corrected chi connectivity index (χ0v) is 7.46. The number of nitrogens with one attached hydrogen (secondary N) is 1. The molecule has 0 radical (unpaired) electrons. The van der Waals surface area contributed by atoms with Gasteiger partial charge in [0, 0.05) is 6.54 Å². The molecule has 10 heavy (non-hydrogen) atoms. The quantitative estimate of drug-likeness (QED) is 0.583. The maximum absolute atomic E-state index is 5.53. The Morgan fingerprint density at radius 2 is 2.00 bits per heavy atom. The second-order valence-electron chi connectivity index (χ2n) is 3.11. The van der Waals surface area contributed by atoms with Crippen LogP contribution in [0.25, 0.3) is 0 Å². The van der Waals surface area contributed by atoms with Crippen LogP contribution < -0.4 is 5.32 Å². The Labute approximate surface area is 68.7 Å². The number of ether oxygens (including phenoxy) is 1. The smallest absolute Gasteiger partial charge is 0.0639 e. The Hall–Kier alpha value is 0.210. The lowest BCUT2D eigenvalue weighted by molar-refractivity contribution is -0.00782. The van der Waals surface area contributed by atoms with Gasteiger partial charge in [-0.2, -0.15) is 0 Å². The Kier molecular flexibility index (Phi) is 4.25. The van der Waals surface area contributed by atoms with Crippen LogP contribution in [-0.4, -0.2) is 25.3 Å². The summed E-state index contributed by atoms with van der Waals surface area (Å²) in [6.07, 6.45) is 1.12. The van der Waals surface area contributed by atoms with Gasteiger partial charge in [-0.3, -0.25) is 0 Å². The van der Waals surface area contributed by atoms with Crippen LogP contribution in [0.2, 0.25) is 0 Å². The van der Waals surface area contributed by atoms with Crippen molar-refractivity contribution in [3.05, 3.63) is 0 Å². The van der Waals surface area contributed by atoms with Crippen LogP contribution in [-0.2, 0) is 4.74 Å². The van der Waals surface area contributed by atoms with Crippen LogP contribution in [0, 0.1) is 0 Å². The monoisotopic (exact) mass is 165 g/mol. The second kappa shape index (κ2) is 4.16. The van der Waals surface area contributed by atoms with E-state index in [9.17, 15) is 0 Å². The van der Waals surface area contributed by atoms with Crippen molar-refractivity contribution in [3.63, 3.8) is 0 Å². The molecule has 0 saturated carbocycles. The van der Waals surface area contributed by atoms with Crippen molar-refractivity contribution < 1.29 is 4.74 Å². The van der Waals surface area contributed by atoms with Gasteiger partial charge in [0.1, 0.15) is 0 Å². The Morgan fingerprint density at radius 3 is 2.70 bits per heavy atom. The van der Waals surface area contributed by atoms with Crippen molar-refractivity contribution in [1.82, 2.24) is 5.32 Å². The molecule has 1 heterocycles. The first kappa shape index (κ1) is 10.2. The largest absolute Gasteiger partial charge is 0.374 e. The van der Waals surface area contributed by atoms with E-state index in [2.05, 4.69) is 19.2 Å². The van der Waals surface area contributed by atoms with E-state index in [0.717, 1.165) is 26.1 Å². The van der Waals surface area contributed by atoms with Crippen LogP contribution in [0.4, 0.5) is 0 Å². The minimum Gasteiger partial charge on any atom is -0.374 e. The molecular formula is C7H16ClNO. The number of hydrogen-bond donors (Lipinski definition) is 1. The first-order chi connectivity index (χ1) is 4.21. The summed E-state index contributed by atoms with van der Waals surface area (Å²) in [5.74, 6) is 0. The van der Waals surface area contributed by atoms with Gasteiger partial charge in [-0.25, -0.2) is 0 Å². The van der Waals surface area contributed by atoms with E-state index in [-0.39, 0.29) is 18.0 Å². The van der Waals surface area contributed by atoms with E-state index in [0.29, 0.717) is 0 Å². The Bertz CT molecular complexity index is 85.6. The molecule has 0 amide bonds. The molecule has 0 aromatic carbocycles. The lowest BCUT2D eigenvalue weighted by atomic mass is 10.1. The van der Waals surface area contributed by atoms with Gasteiger partial charge in [-0.05, 0) is 26.8 Å². The lowest BCUT2D eigenvalue weighted by Gasteiger charge is -2.21. The van der Waals surface area contributed by atoms with E-state index >= 15 is 0 Å². The molecule has 0 spiro atoms. The lowest BCUT2D eigenvalue weighted by Crippen LogP contribution is -2.24. The second-order valence-corrected chi connectivity index (χ2v) is 3.11. The van der Waals surface area contributed by atoms with Crippen molar-refractivity contribution in [2.45, 2.75) is 25.9 Å². The molecule has 0 aromatic heterocycles. The third kappa shape index (κ3) is 3.40. The summed E-state index contributed by atoms with van der Waals surface area (Å²) in [6.45, 7) is 7.23. The van der Waals surface area contributed by atoms with Gasteiger partial charge in [-0.1, -0.05) is 0 Å². The summed E-state index contributed by atoms with van der Waals surface area (Å²) >= 11 is 0. The summed E-state index contributed by atoms with van der Waals surface area (Å²) in [7, 11) is 0. The van der Waals surface area contributed by atoms with Gasteiger partial charge in [0.05, 0.1) is 12.2 Å². The molecule has 0 atom stereocenters. The summed E-state index contributed by atoms with van der Waals surface area (Å²) in [5.41, 5.74) is 0.101. The minimum atomic E-state index is 0. The Balaban J connectivity index is 0.000000810. The highest BCUT2D eigenvalue weighted by Gasteiger charge is 2.19. The fourth-order valence-electron chi connectivity index (χ4n) is 0.986. The van der Waals surface area contributed by atoms with Crippen molar-refractivity contribution in [3.8, 4) is 0 Å². The van der Waals surface area contributed by atoms with Crippen LogP contribution in [0.1, 0.15) is 20.3 Å². The topological polar surface area (TPSA) is 21.3 Å². The van der Waals surface area contributed by atoms with Gasteiger partial charge >= 0.3 is 0 Å². The van der Waals surface area contributed by atoms with E-state index < -0.39 is 0 Å². The molecule has 2 nitrogen and oxygen atoms in total. The molecule has 1 N–H and O–H groups in total. The molecule has 0 aliphatic carbocycles. The highest BCUT2D eigenvalue weighted by atomic mass is 35.5. The fourth-order valence-corrected chi connectivity index (χ4v) is 0.986. The number of hydrogen-bond acceptors (Lipinski definition) is 2. The van der Waals surface area contributed by atoms with E-state index in [4.69, 9.17) is 4.74 Å². The first-order valence-electron chi connectivity index (χ1n) is 3.55. The molecule has 1 fully saturated rings. The minimum absolute atomic E-state index is 0. The standard InChI is InChI=1S/C7H15NO.ClH/c1-7(2)3-4-8-5-6-9-7;/h8H,3-6H2,1-2H3;1H. The number of rotatable bonds is 0. The highest BCUT2D eigenvalue weighted by Crippen LogP contribution is 2.14. The van der Waals surface area contributed by atoms with Crippen molar-refractivity contribution in [2.75, 3.05) is 19.7 Å². The molecule has 1 aliphatic heterocycles. The van der Waals surface area contributed by atoms with E-state index in [1.165, 1.54) is 0 Å². The number of halogens is 1. The predicted molar refractivity (Wildman–Crippen MR) is 44.8 cm³/mol. The van der Waals surface area contributed by atoms with E-state index in [1.807, 2.05) is 0 Å². The SMILES string of the molecule is CC1(C)CCNCCO1.Cl. The third-order valence-corrected chi connectivity index (χ3v) is 1.68.